The standard InChI is InChI=1S/C10H9BrN2O3/c1-15-6-4-3-5-8(7(6)11)12-13-9(5)10(14)16-2/h3-4H,1-2H3,(H,12,13). The van der Waals surface area contributed by atoms with Crippen molar-refractivity contribution >= 4 is 32.8 Å². The highest BCUT2D eigenvalue weighted by molar-refractivity contribution is 9.10. The van der Waals surface area contributed by atoms with Crippen molar-refractivity contribution in [1.82, 2.24) is 10.2 Å². The average Bonchev–Trinajstić information content (AvgIpc) is 2.73. The lowest BCUT2D eigenvalue weighted by Crippen LogP contribution is -2.01. The summed E-state index contributed by atoms with van der Waals surface area (Å²) < 4.78 is 10.5. The van der Waals surface area contributed by atoms with E-state index >= 15 is 0 Å². The summed E-state index contributed by atoms with van der Waals surface area (Å²) in [7, 11) is 2.90. The fraction of sp³-hybridized carbons (Fsp3) is 0.200. The first-order chi connectivity index (χ1) is 7.69. The zero-order valence-corrected chi connectivity index (χ0v) is 10.3. The summed E-state index contributed by atoms with van der Waals surface area (Å²) in [5, 5.41) is 7.38. The number of ether oxygens (including phenoxy) is 2. The molecule has 2 rings (SSSR count). The minimum Gasteiger partial charge on any atom is -0.495 e. The molecule has 1 aromatic heterocycles. The number of H-pyrrole nitrogens is 1. The van der Waals surface area contributed by atoms with Crippen LogP contribution in [-0.2, 0) is 4.74 Å². The van der Waals surface area contributed by atoms with Gasteiger partial charge in [-0.05, 0) is 28.1 Å². The van der Waals surface area contributed by atoms with Gasteiger partial charge in [-0.25, -0.2) is 4.79 Å². The van der Waals surface area contributed by atoms with E-state index in [-0.39, 0.29) is 0 Å². The van der Waals surface area contributed by atoms with Crippen molar-refractivity contribution in [2.45, 2.75) is 0 Å². The molecule has 84 valence electrons. The van der Waals surface area contributed by atoms with Gasteiger partial charge in [0.05, 0.1) is 18.7 Å². The quantitative estimate of drug-likeness (QED) is 0.858. The van der Waals surface area contributed by atoms with E-state index in [1.807, 2.05) is 0 Å². The maximum absolute atomic E-state index is 11.4. The number of benzene rings is 1. The number of carbonyl (C=O) groups is 1. The maximum atomic E-state index is 11.4. The predicted octanol–water partition coefficient (Wildman–Crippen LogP) is 2.12. The number of rotatable bonds is 2. The van der Waals surface area contributed by atoms with E-state index in [1.54, 1.807) is 19.2 Å². The number of halogens is 1. The number of hydrogen-bond acceptors (Lipinski definition) is 4. The molecule has 0 spiro atoms. The van der Waals surface area contributed by atoms with Gasteiger partial charge in [0.2, 0.25) is 0 Å². The minimum absolute atomic E-state index is 0.334. The van der Waals surface area contributed by atoms with E-state index in [9.17, 15) is 4.79 Å². The van der Waals surface area contributed by atoms with Crippen LogP contribution in [0.2, 0.25) is 0 Å². The zero-order chi connectivity index (χ0) is 11.7. The smallest absolute Gasteiger partial charge is 0.356 e. The lowest BCUT2D eigenvalue weighted by Gasteiger charge is -2.02. The monoisotopic (exact) mass is 284 g/mol. The molecule has 0 aliphatic rings. The number of nitrogens with zero attached hydrogens (tertiary/aromatic N) is 1. The highest BCUT2D eigenvalue weighted by atomic mass is 79.9. The van der Waals surface area contributed by atoms with Crippen molar-refractivity contribution < 1.29 is 14.3 Å². The Morgan fingerprint density at radius 3 is 2.81 bits per heavy atom. The molecule has 0 amide bonds. The van der Waals surface area contributed by atoms with E-state index in [4.69, 9.17) is 4.74 Å². The molecule has 1 N–H and O–H groups in total. The maximum Gasteiger partial charge on any atom is 0.356 e. The van der Waals surface area contributed by atoms with Gasteiger partial charge in [0.1, 0.15) is 11.3 Å². The SMILES string of the molecule is COC(=O)c1[nH]nc2c(Br)c(OC)ccc12. The third-order valence-corrected chi connectivity index (χ3v) is 3.01. The van der Waals surface area contributed by atoms with Crippen molar-refractivity contribution in [3.05, 3.63) is 22.3 Å². The Bertz CT molecular complexity index is 550. The van der Waals surface area contributed by atoms with Crippen LogP contribution in [0.5, 0.6) is 5.75 Å². The van der Waals surface area contributed by atoms with Gasteiger partial charge in [0.25, 0.3) is 0 Å². The van der Waals surface area contributed by atoms with E-state index in [0.29, 0.717) is 26.8 Å². The number of methoxy groups -OCH3 is 2. The van der Waals surface area contributed by atoms with Gasteiger partial charge in [0, 0.05) is 5.39 Å². The summed E-state index contributed by atoms with van der Waals surface area (Å²) in [6.45, 7) is 0. The molecule has 5 nitrogen and oxygen atoms in total. The molecule has 0 unspecified atom stereocenters. The molecule has 0 saturated heterocycles. The van der Waals surface area contributed by atoms with Crippen LogP contribution < -0.4 is 4.74 Å². The second-order valence-corrected chi connectivity index (χ2v) is 3.86. The molecule has 2 aromatic rings. The van der Waals surface area contributed by atoms with E-state index < -0.39 is 5.97 Å². The molecule has 6 heteroatoms. The number of nitrogens with one attached hydrogen (secondary N) is 1. The largest absolute Gasteiger partial charge is 0.495 e. The summed E-state index contributed by atoms with van der Waals surface area (Å²) in [5.41, 5.74) is 0.973. The Hall–Kier alpha value is -1.56. The molecular weight excluding hydrogens is 276 g/mol. The molecule has 1 aromatic carbocycles. The van der Waals surface area contributed by atoms with Crippen molar-refractivity contribution in [2.75, 3.05) is 14.2 Å². The Labute approximate surface area is 99.9 Å². The van der Waals surface area contributed by atoms with E-state index in [2.05, 4.69) is 30.9 Å². The van der Waals surface area contributed by atoms with E-state index in [0.717, 1.165) is 0 Å². The van der Waals surface area contributed by atoms with Gasteiger partial charge in [-0.3, -0.25) is 5.10 Å². The molecule has 0 bridgehead atoms. The zero-order valence-electron chi connectivity index (χ0n) is 8.70. The molecule has 0 saturated carbocycles. The third kappa shape index (κ3) is 1.55. The van der Waals surface area contributed by atoms with Crippen LogP contribution in [-0.4, -0.2) is 30.4 Å². The Morgan fingerprint density at radius 2 is 2.19 bits per heavy atom. The van der Waals surface area contributed by atoms with Crippen LogP contribution in [0.25, 0.3) is 10.9 Å². The fourth-order valence-corrected chi connectivity index (χ4v) is 2.04. The number of hydrogen-bond donors (Lipinski definition) is 1. The number of fused-ring (bicyclic) bond motifs is 1. The summed E-state index contributed by atoms with van der Waals surface area (Å²) in [5.74, 6) is 0.218. The number of aromatic nitrogens is 2. The number of esters is 1. The second-order valence-electron chi connectivity index (χ2n) is 3.07. The van der Waals surface area contributed by atoms with Crippen molar-refractivity contribution in [3.8, 4) is 5.75 Å². The first-order valence-electron chi connectivity index (χ1n) is 4.48. The Balaban J connectivity index is 2.67. The summed E-state index contributed by atoms with van der Waals surface area (Å²) in [6.07, 6.45) is 0. The highest BCUT2D eigenvalue weighted by Gasteiger charge is 2.17. The van der Waals surface area contributed by atoms with Crippen LogP contribution in [0.3, 0.4) is 0 Å². The van der Waals surface area contributed by atoms with E-state index in [1.165, 1.54) is 7.11 Å². The normalized spacial score (nSPS) is 10.4. The first-order valence-corrected chi connectivity index (χ1v) is 5.27. The molecule has 1 heterocycles. The summed E-state index contributed by atoms with van der Waals surface area (Å²) >= 11 is 3.37. The summed E-state index contributed by atoms with van der Waals surface area (Å²) in [6, 6.07) is 3.52. The Morgan fingerprint density at radius 1 is 1.44 bits per heavy atom. The lowest BCUT2D eigenvalue weighted by molar-refractivity contribution is 0.0596. The van der Waals surface area contributed by atoms with Crippen LogP contribution >= 0.6 is 15.9 Å². The number of aromatic amines is 1. The molecule has 0 radical (unpaired) electrons. The molecule has 16 heavy (non-hydrogen) atoms. The van der Waals surface area contributed by atoms with Crippen LogP contribution in [0, 0.1) is 0 Å². The molecular formula is C10H9BrN2O3. The van der Waals surface area contributed by atoms with Gasteiger partial charge in [0.15, 0.2) is 5.69 Å². The van der Waals surface area contributed by atoms with Crippen molar-refractivity contribution in [2.24, 2.45) is 0 Å². The molecule has 0 aliphatic carbocycles. The van der Waals surface area contributed by atoms with Crippen molar-refractivity contribution in [3.63, 3.8) is 0 Å². The van der Waals surface area contributed by atoms with Gasteiger partial charge >= 0.3 is 5.97 Å². The van der Waals surface area contributed by atoms with Gasteiger partial charge in [-0.15, -0.1) is 0 Å². The van der Waals surface area contributed by atoms with Crippen molar-refractivity contribution in [1.29, 1.82) is 0 Å². The lowest BCUT2D eigenvalue weighted by atomic mass is 10.2. The van der Waals surface area contributed by atoms with Gasteiger partial charge < -0.3 is 9.47 Å². The van der Waals surface area contributed by atoms with Gasteiger partial charge in [-0.1, -0.05) is 0 Å². The molecule has 0 aliphatic heterocycles. The van der Waals surface area contributed by atoms with Gasteiger partial charge in [-0.2, -0.15) is 5.10 Å². The fourth-order valence-electron chi connectivity index (χ4n) is 1.44. The van der Waals surface area contributed by atoms with Crippen LogP contribution in [0.15, 0.2) is 16.6 Å². The molecule has 0 atom stereocenters. The predicted molar refractivity (Wildman–Crippen MR) is 61.7 cm³/mol. The molecule has 0 fully saturated rings. The summed E-state index contributed by atoms with van der Waals surface area (Å²) in [4.78, 5) is 11.4. The Kier molecular flexibility index (Phi) is 2.82. The topological polar surface area (TPSA) is 64.2 Å². The first kappa shape index (κ1) is 10.9. The minimum atomic E-state index is -0.445. The van der Waals surface area contributed by atoms with Crippen LogP contribution in [0.4, 0.5) is 0 Å². The number of carbonyl (C=O) groups excluding carboxylic acids is 1. The third-order valence-electron chi connectivity index (χ3n) is 2.24. The highest BCUT2D eigenvalue weighted by Crippen LogP contribution is 2.32. The average molecular weight is 285 g/mol. The van der Waals surface area contributed by atoms with Crippen LogP contribution in [0.1, 0.15) is 10.5 Å². The second kappa shape index (κ2) is 4.13.